The standard InChI is InChI=1S/C13H14Cl2O4/c1-3-4-9(16)8-5-6-10(13(15)12(8)14)19-7-11(17)18-2/h5-6H,3-4,7H2,1-2H3. The molecule has 0 fully saturated rings. The highest BCUT2D eigenvalue weighted by molar-refractivity contribution is 6.44. The fourth-order valence-corrected chi connectivity index (χ4v) is 1.90. The molecule has 0 aromatic heterocycles. The maximum atomic E-state index is 11.8. The molecular formula is C13H14Cl2O4. The molecule has 4 nitrogen and oxygen atoms in total. The third-order valence-electron chi connectivity index (χ3n) is 2.40. The fraction of sp³-hybridized carbons (Fsp3) is 0.385. The van der Waals surface area contributed by atoms with Crippen molar-refractivity contribution in [2.24, 2.45) is 0 Å². The maximum Gasteiger partial charge on any atom is 0.343 e. The molecule has 0 aliphatic rings. The average Bonchev–Trinajstić information content (AvgIpc) is 2.40. The predicted molar refractivity (Wildman–Crippen MR) is 73.2 cm³/mol. The van der Waals surface area contributed by atoms with Crippen LogP contribution < -0.4 is 4.74 Å². The smallest absolute Gasteiger partial charge is 0.343 e. The molecule has 0 spiro atoms. The monoisotopic (exact) mass is 304 g/mol. The molecule has 0 saturated carbocycles. The number of rotatable bonds is 6. The van der Waals surface area contributed by atoms with E-state index in [0.717, 1.165) is 6.42 Å². The van der Waals surface area contributed by atoms with Gasteiger partial charge >= 0.3 is 5.97 Å². The second-order valence-electron chi connectivity index (χ2n) is 3.78. The normalized spacial score (nSPS) is 10.1. The third kappa shape index (κ3) is 4.11. The molecule has 6 heteroatoms. The molecule has 0 bridgehead atoms. The van der Waals surface area contributed by atoms with Gasteiger partial charge in [-0.25, -0.2) is 4.79 Å². The van der Waals surface area contributed by atoms with Crippen LogP contribution in [-0.4, -0.2) is 25.5 Å². The molecular weight excluding hydrogens is 291 g/mol. The summed E-state index contributed by atoms with van der Waals surface area (Å²) in [6.45, 7) is 1.63. The van der Waals surface area contributed by atoms with Crippen molar-refractivity contribution in [3.63, 3.8) is 0 Å². The zero-order valence-electron chi connectivity index (χ0n) is 10.7. The molecule has 104 valence electrons. The van der Waals surface area contributed by atoms with Gasteiger partial charge in [0, 0.05) is 12.0 Å². The van der Waals surface area contributed by atoms with Gasteiger partial charge in [-0.15, -0.1) is 0 Å². The van der Waals surface area contributed by atoms with Crippen molar-refractivity contribution >= 4 is 35.0 Å². The van der Waals surface area contributed by atoms with Gasteiger partial charge in [0.15, 0.2) is 12.4 Å². The van der Waals surface area contributed by atoms with Crippen LogP contribution in [0.5, 0.6) is 5.75 Å². The zero-order chi connectivity index (χ0) is 14.4. The number of benzene rings is 1. The number of halogens is 2. The Morgan fingerprint density at radius 3 is 2.47 bits per heavy atom. The van der Waals surface area contributed by atoms with Crippen LogP contribution in [0.4, 0.5) is 0 Å². The summed E-state index contributed by atoms with van der Waals surface area (Å²) >= 11 is 12.0. The maximum absolute atomic E-state index is 11.8. The topological polar surface area (TPSA) is 52.6 Å². The van der Waals surface area contributed by atoms with Crippen LogP contribution in [-0.2, 0) is 9.53 Å². The quantitative estimate of drug-likeness (QED) is 0.596. The number of ether oxygens (including phenoxy) is 2. The van der Waals surface area contributed by atoms with Gasteiger partial charge in [0.2, 0.25) is 0 Å². The van der Waals surface area contributed by atoms with Crippen LogP contribution in [0.25, 0.3) is 0 Å². The lowest BCUT2D eigenvalue weighted by molar-refractivity contribution is -0.142. The Morgan fingerprint density at radius 1 is 1.21 bits per heavy atom. The number of carbonyl (C=O) groups is 2. The minimum Gasteiger partial charge on any atom is -0.480 e. The van der Waals surface area contributed by atoms with Gasteiger partial charge in [0.05, 0.1) is 12.1 Å². The van der Waals surface area contributed by atoms with Crippen molar-refractivity contribution < 1.29 is 19.1 Å². The van der Waals surface area contributed by atoms with Crippen molar-refractivity contribution in [1.29, 1.82) is 0 Å². The molecule has 0 heterocycles. The van der Waals surface area contributed by atoms with Gasteiger partial charge < -0.3 is 9.47 Å². The summed E-state index contributed by atoms with van der Waals surface area (Å²) in [6.07, 6.45) is 1.13. The van der Waals surface area contributed by atoms with E-state index in [2.05, 4.69) is 4.74 Å². The minimum atomic E-state index is -0.529. The molecule has 0 aliphatic heterocycles. The summed E-state index contributed by atoms with van der Waals surface area (Å²) < 4.78 is 9.60. The largest absolute Gasteiger partial charge is 0.480 e. The summed E-state index contributed by atoms with van der Waals surface area (Å²) in [6, 6.07) is 3.05. The van der Waals surface area contributed by atoms with Crippen LogP contribution in [0.2, 0.25) is 10.0 Å². The Morgan fingerprint density at radius 2 is 1.89 bits per heavy atom. The molecule has 0 unspecified atom stereocenters. The first kappa shape index (κ1) is 15.8. The van der Waals surface area contributed by atoms with Gasteiger partial charge in [-0.2, -0.15) is 0 Å². The van der Waals surface area contributed by atoms with Crippen LogP contribution in [0, 0.1) is 0 Å². The Labute approximate surface area is 121 Å². The molecule has 1 aromatic carbocycles. The lowest BCUT2D eigenvalue weighted by atomic mass is 10.1. The average molecular weight is 305 g/mol. The molecule has 0 saturated heterocycles. The summed E-state index contributed by atoms with van der Waals surface area (Å²) in [5.41, 5.74) is 0.360. The summed E-state index contributed by atoms with van der Waals surface area (Å²) in [4.78, 5) is 22.7. The fourth-order valence-electron chi connectivity index (χ4n) is 1.42. The Bertz CT molecular complexity index is 486. The number of hydrogen-bond acceptors (Lipinski definition) is 4. The van der Waals surface area contributed by atoms with Crippen molar-refractivity contribution in [3.05, 3.63) is 27.7 Å². The van der Waals surface area contributed by atoms with Gasteiger partial charge in [-0.1, -0.05) is 30.1 Å². The highest BCUT2D eigenvalue weighted by Crippen LogP contribution is 2.35. The predicted octanol–water partition coefficient (Wildman–Crippen LogP) is 3.53. The van der Waals surface area contributed by atoms with Crippen LogP contribution in [0.1, 0.15) is 30.1 Å². The second kappa shape index (κ2) is 7.36. The zero-order valence-corrected chi connectivity index (χ0v) is 12.2. The number of methoxy groups -OCH3 is 1. The van der Waals surface area contributed by atoms with Crippen LogP contribution >= 0.6 is 23.2 Å². The minimum absolute atomic E-state index is 0.0751. The van der Waals surface area contributed by atoms with Crippen molar-refractivity contribution in [3.8, 4) is 5.75 Å². The molecule has 0 atom stereocenters. The van der Waals surface area contributed by atoms with E-state index in [1.54, 1.807) is 6.07 Å². The first-order chi connectivity index (χ1) is 9.01. The van der Waals surface area contributed by atoms with Crippen molar-refractivity contribution in [1.82, 2.24) is 0 Å². The Hall–Kier alpha value is -1.26. The van der Waals surface area contributed by atoms with E-state index in [0.29, 0.717) is 12.0 Å². The summed E-state index contributed by atoms with van der Waals surface area (Å²) in [5, 5.41) is 0.259. The third-order valence-corrected chi connectivity index (χ3v) is 3.26. The second-order valence-corrected chi connectivity index (χ2v) is 4.53. The Balaban J connectivity index is 2.91. The Kier molecular flexibility index (Phi) is 6.12. The lowest BCUT2D eigenvalue weighted by Gasteiger charge is -2.10. The number of esters is 1. The summed E-state index contributed by atoms with van der Waals surface area (Å²) in [7, 11) is 1.26. The number of hydrogen-bond donors (Lipinski definition) is 0. The molecule has 1 rings (SSSR count). The van der Waals surface area contributed by atoms with E-state index < -0.39 is 5.97 Å². The van der Waals surface area contributed by atoms with E-state index in [-0.39, 0.29) is 28.2 Å². The molecule has 0 amide bonds. The van der Waals surface area contributed by atoms with Crippen LogP contribution in [0.15, 0.2) is 12.1 Å². The van der Waals surface area contributed by atoms with Crippen molar-refractivity contribution in [2.45, 2.75) is 19.8 Å². The molecule has 1 aromatic rings. The highest BCUT2D eigenvalue weighted by atomic mass is 35.5. The van der Waals surface area contributed by atoms with Gasteiger partial charge in [-0.3, -0.25) is 4.79 Å². The first-order valence-corrected chi connectivity index (χ1v) is 6.47. The molecule has 0 aliphatic carbocycles. The van der Waals surface area contributed by atoms with Gasteiger partial charge in [0.25, 0.3) is 0 Å². The molecule has 0 radical (unpaired) electrons. The lowest BCUT2D eigenvalue weighted by Crippen LogP contribution is -2.13. The van der Waals surface area contributed by atoms with E-state index in [1.165, 1.54) is 13.2 Å². The first-order valence-electron chi connectivity index (χ1n) is 5.72. The van der Waals surface area contributed by atoms with E-state index >= 15 is 0 Å². The SMILES string of the molecule is CCCC(=O)c1ccc(OCC(=O)OC)c(Cl)c1Cl. The highest BCUT2D eigenvalue weighted by Gasteiger charge is 2.16. The van der Waals surface area contributed by atoms with Gasteiger partial charge in [0.1, 0.15) is 10.8 Å². The van der Waals surface area contributed by atoms with E-state index in [1.807, 2.05) is 6.92 Å². The van der Waals surface area contributed by atoms with E-state index in [4.69, 9.17) is 27.9 Å². The summed E-state index contributed by atoms with van der Waals surface area (Å²) in [5.74, 6) is -0.364. The van der Waals surface area contributed by atoms with Gasteiger partial charge in [-0.05, 0) is 18.6 Å². The van der Waals surface area contributed by atoms with Crippen LogP contribution in [0.3, 0.4) is 0 Å². The van der Waals surface area contributed by atoms with Crippen molar-refractivity contribution in [2.75, 3.05) is 13.7 Å². The number of carbonyl (C=O) groups excluding carboxylic acids is 2. The number of Topliss-reactive ketones (excluding diaryl/α,β-unsaturated/α-hetero) is 1. The molecule has 0 N–H and O–H groups in total. The number of ketones is 1. The molecule has 19 heavy (non-hydrogen) atoms. The van der Waals surface area contributed by atoms with E-state index in [9.17, 15) is 9.59 Å².